The van der Waals surface area contributed by atoms with Gasteiger partial charge >= 0.3 is 5.97 Å². The SMILES string of the molecule is COC(=O)c1sccc1NC(=O)C(C)(C)C#N. The Hall–Kier alpha value is -1.87. The van der Waals surface area contributed by atoms with E-state index in [2.05, 4.69) is 10.1 Å². The summed E-state index contributed by atoms with van der Waals surface area (Å²) >= 11 is 1.17. The van der Waals surface area contributed by atoms with E-state index in [0.29, 0.717) is 10.6 Å². The number of thiophene rings is 1. The molecule has 0 atom stereocenters. The molecule has 0 saturated heterocycles. The highest BCUT2D eigenvalue weighted by Crippen LogP contribution is 2.25. The molecule has 0 aromatic carbocycles. The van der Waals surface area contributed by atoms with Gasteiger partial charge in [-0.2, -0.15) is 5.26 Å². The Morgan fingerprint density at radius 2 is 2.18 bits per heavy atom. The van der Waals surface area contributed by atoms with E-state index in [-0.39, 0.29) is 0 Å². The van der Waals surface area contributed by atoms with Gasteiger partial charge in [0, 0.05) is 0 Å². The first-order valence-corrected chi connectivity index (χ1v) is 5.69. The molecule has 0 aliphatic rings. The van der Waals surface area contributed by atoms with Gasteiger partial charge in [0.2, 0.25) is 5.91 Å². The van der Waals surface area contributed by atoms with E-state index in [0.717, 1.165) is 0 Å². The Morgan fingerprint density at radius 3 is 2.71 bits per heavy atom. The second-order valence-corrected chi connectivity index (χ2v) is 4.76. The normalized spacial score (nSPS) is 10.5. The number of esters is 1. The molecule has 90 valence electrons. The molecule has 1 aromatic heterocycles. The second-order valence-electron chi connectivity index (χ2n) is 3.85. The maximum absolute atomic E-state index is 11.7. The van der Waals surface area contributed by atoms with Crippen LogP contribution in [0.15, 0.2) is 11.4 Å². The van der Waals surface area contributed by atoms with Crippen molar-refractivity contribution in [2.24, 2.45) is 5.41 Å². The van der Waals surface area contributed by atoms with Crippen LogP contribution < -0.4 is 5.32 Å². The zero-order valence-corrected chi connectivity index (χ0v) is 10.6. The molecule has 1 heterocycles. The number of hydrogen-bond acceptors (Lipinski definition) is 5. The Labute approximate surface area is 103 Å². The lowest BCUT2D eigenvalue weighted by Gasteiger charge is -2.14. The third-order valence-electron chi connectivity index (χ3n) is 2.13. The van der Waals surface area contributed by atoms with Gasteiger partial charge in [-0.1, -0.05) is 0 Å². The molecule has 0 unspecified atom stereocenters. The molecule has 0 aliphatic carbocycles. The maximum atomic E-state index is 11.7. The quantitative estimate of drug-likeness (QED) is 0.835. The van der Waals surface area contributed by atoms with Crippen LogP contribution in [0.5, 0.6) is 0 Å². The number of hydrogen-bond donors (Lipinski definition) is 1. The molecule has 6 heteroatoms. The van der Waals surface area contributed by atoms with Gasteiger partial charge in [-0.25, -0.2) is 4.79 Å². The van der Waals surface area contributed by atoms with Crippen LogP contribution in [0.2, 0.25) is 0 Å². The molecule has 5 nitrogen and oxygen atoms in total. The van der Waals surface area contributed by atoms with Crippen LogP contribution in [0.1, 0.15) is 23.5 Å². The zero-order valence-electron chi connectivity index (χ0n) is 9.73. The number of amides is 1. The fourth-order valence-electron chi connectivity index (χ4n) is 0.988. The molecule has 0 saturated carbocycles. The summed E-state index contributed by atoms with van der Waals surface area (Å²) in [5.41, 5.74) is -0.773. The van der Waals surface area contributed by atoms with Gasteiger partial charge in [-0.05, 0) is 25.3 Å². The maximum Gasteiger partial charge on any atom is 0.350 e. The van der Waals surface area contributed by atoms with E-state index in [1.165, 1.54) is 32.3 Å². The van der Waals surface area contributed by atoms with Crippen molar-refractivity contribution in [1.29, 1.82) is 5.26 Å². The van der Waals surface area contributed by atoms with Crippen LogP contribution in [-0.4, -0.2) is 19.0 Å². The van der Waals surface area contributed by atoms with Gasteiger partial charge in [-0.15, -0.1) is 11.3 Å². The van der Waals surface area contributed by atoms with Gasteiger partial charge in [0.1, 0.15) is 10.3 Å². The van der Waals surface area contributed by atoms with Crippen LogP contribution in [0.4, 0.5) is 5.69 Å². The summed E-state index contributed by atoms with van der Waals surface area (Å²) in [4.78, 5) is 23.4. The first-order valence-electron chi connectivity index (χ1n) is 4.81. The lowest BCUT2D eigenvalue weighted by Crippen LogP contribution is -2.29. The second kappa shape index (κ2) is 4.97. The van der Waals surface area contributed by atoms with Crippen LogP contribution in [-0.2, 0) is 9.53 Å². The lowest BCUT2D eigenvalue weighted by molar-refractivity contribution is -0.121. The summed E-state index contributed by atoms with van der Waals surface area (Å²) in [6, 6.07) is 3.49. The highest BCUT2D eigenvalue weighted by Gasteiger charge is 2.28. The Morgan fingerprint density at radius 1 is 1.53 bits per heavy atom. The van der Waals surface area contributed by atoms with Crippen molar-refractivity contribution in [1.82, 2.24) is 0 Å². The standard InChI is InChI=1S/C11H12N2O3S/c1-11(2,6-12)10(15)13-7-4-5-17-8(7)9(14)16-3/h4-5H,1-3H3,(H,13,15). The summed E-state index contributed by atoms with van der Waals surface area (Å²) in [5.74, 6) is -0.964. The summed E-state index contributed by atoms with van der Waals surface area (Å²) in [5, 5.41) is 13.0. The van der Waals surface area contributed by atoms with Gasteiger partial charge in [0.25, 0.3) is 0 Å². The Kier molecular flexibility index (Phi) is 3.86. The van der Waals surface area contributed by atoms with Crippen LogP contribution in [0.3, 0.4) is 0 Å². The molecule has 17 heavy (non-hydrogen) atoms. The zero-order chi connectivity index (χ0) is 13.1. The summed E-state index contributed by atoms with van der Waals surface area (Å²) in [7, 11) is 1.27. The number of methoxy groups -OCH3 is 1. The van der Waals surface area contributed by atoms with Crippen molar-refractivity contribution >= 4 is 28.9 Å². The monoisotopic (exact) mass is 252 g/mol. The number of carbonyl (C=O) groups is 2. The molecule has 1 rings (SSSR count). The third-order valence-corrected chi connectivity index (χ3v) is 3.03. The minimum Gasteiger partial charge on any atom is -0.465 e. The topological polar surface area (TPSA) is 79.2 Å². The first-order chi connectivity index (χ1) is 7.92. The van der Waals surface area contributed by atoms with Crippen LogP contribution in [0, 0.1) is 16.7 Å². The van der Waals surface area contributed by atoms with Crippen LogP contribution >= 0.6 is 11.3 Å². The van der Waals surface area contributed by atoms with Gasteiger partial charge < -0.3 is 10.1 Å². The average molecular weight is 252 g/mol. The number of carbonyl (C=O) groups excluding carboxylic acids is 2. The van der Waals surface area contributed by atoms with Gasteiger partial charge in [-0.3, -0.25) is 4.79 Å². The molecular formula is C11H12N2O3S. The first kappa shape index (κ1) is 13.2. The Bertz CT molecular complexity index is 485. The summed E-state index contributed by atoms with van der Waals surface area (Å²) in [6.45, 7) is 3.01. The number of nitriles is 1. The minimum atomic E-state index is -1.14. The molecule has 1 amide bonds. The average Bonchev–Trinajstić information content (AvgIpc) is 2.76. The lowest BCUT2D eigenvalue weighted by atomic mass is 9.95. The molecule has 0 spiro atoms. The fourth-order valence-corrected chi connectivity index (χ4v) is 1.75. The van der Waals surface area contributed by atoms with Crippen molar-refractivity contribution in [2.45, 2.75) is 13.8 Å². The number of anilines is 1. The van der Waals surface area contributed by atoms with E-state index in [1.54, 1.807) is 11.4 Å². The van der Waals surface area contributed by atoms with Crippen LogP contribution in [0.25, 0.3) is 0 Å². The predicted octanol–water partition coefficient (Wildman–Crippen LogP) is 2.02. The van der Waals surface area contributed by atoms with E-state index in [4.69, 9.17) is 5.26 Å². The van der Waals surface area contributed by atoms with Gasteiger partial charge in [0.15, 0.2) is 0 Å². The van der Waals surface area contributed by atoms with Crippen molar-refractivity contribution in [2.75, 3.05) is 12.4 Å². The van der Waals surface area contributed by atoms with E-state index >= 15 is 0 Å². The molecule has 1 N–H and O–H groups in total. The molecule has 0 aliphatic heterocycles. The largest absolute Gasteiger partial charge is 0.465 e. The summed E-state index contributed by atoms with van der Waals surface area (Å²) < 4.78 is 4.58. The number of nitrogens with one attached hydrogen (secondary N) is 1. The Balaban J connectivity index is 2.91. The number of nitrogens with zero attached hydrogens (tertiary/aromatic N) is 1. The van der Waals surface area contributed by atoms with E-state index in [1.807, 2.05) is 6.07 Å². The smallest absolute Gasteiger partial charge is 0.350 e. The predicted molar refractivity (Wildman–Crippen MR) is 63.7 cm³/mol. The molecular weight excluding hydrogens is 240 g/mol. The molecule has 0 fully saturated rings. The minimum absolute atomic E-state index is 0.314. The van der Waals surface area contributed by atoms with Crippen molar-refractivity contribution in [3.8, 4) is 6.07 Å². The number of ether oxygens (including phenoxy) is 1. The third kappa shape index (κ3) is 2.82. The fraction of sp³-hybridized carbons (Fsp3) is 0.364. The van der Waals surface area contributed by atoms with Gasteiger partial charge in [0.05, 0.1) is 18.9 Å². The number of rotatable bonds is 3. The molecule has 0 bridgehead atoms. The molecule has 1 aromatic rings. The highest BCUT2D eigenvalue weighted by molar-refractivity contribution is 7.12. The van der Waals surface area contributed by atoms with Crippen molar-refractivity contribution < 1.29 is 14.3 Å². The van der Waals surface area contributed by atoms with Crippen molar-refractivity contribution in [3.05, 3.63) is 16.3 Å². The summed E-state index contributed by atoms with van der Waals surface area (Å²) in [6.07, 6.45) is 0. The molecule has 0 radical (unpaired) electrons. The highest BCUT2D eigenvalue weighted by atomic mass is 32.1. The van der Waals surface area contributed by atoms with Crippen molar-refractivity contribution in [3.63, 3.8) is 0 Å². The van der Waals surface area contributed by atoms with E-state index in [9.17, 15) is 9.59 Å². The van der Waals surface area contributed by atoms with E-state index < -0.39 is 17.3 Å².